The van der Waals surface area contributed by atoms with Crippen LogP contribution in [0.1, 0.15) is 59.3 Å². The first-order valence-corrected chi connectivity index (χ1v) is 7.56. The second-order valence-corrected chi connectivity index (χ2v) is 6.93. The van der Waals surface area contributed by atoms with E-state index in [1.165, 1.54) is 58.2 Å². The molecule has 0 spiro atoms. The molecule has 2 rings (SSSR count). The Hall–Kier alpha value is -0.0800. The molecule has 0 amide bonds. The molecule has 1 saturated heterocycles. The summed E-state index contributed by atoms with van der Waals surface area (Å²) in [5.41, 5.74) is 0.332. The number of nitrogens with one attached hydrogen (secondary N) is 1. The van der Waals surface area contributed by atoms with Crippen LogP contribution in [0.25, 0.3) is 0 Å². The molecule has 0 aromatic heterocycles. The lowest BCUT2D eigenvalue weighted by molar-refractivity contribution is 0.116. The van der Waals surface area contributed by atoms with Gasteiger partial charge in [0, 0.05) is 18.1 Å². The van der Waals surface area contributed by atoms with E-state index in [4.69, 9.17) is 0 Å². The fraction of sp³-hybridized carbons (Fsp3) is 1.00. The van der Waals surface area contributed by atoms with E-state index in [1.54, 1.807) is 0 Å². The molecule has 1 aliphatic heterocycles. The SMILES string of the molecule is CC(C)(C)N1CCCNC(C2CCCCC2)C1. The van der Waals surface area contributed by atoms with Gasteiger partial charge in [-0.3, -0.25) is 4.90 Å². The van der Waals surface area contributed by atoms with Crippen LogP contribution in [0.5, 0.6) is 0 Å². The van der Waals surface area contributed by atoms with Gasteiger partial charge < -0.3 is 5.32 Å². The predicted octanol–water partition coefficient (Wildman–Crippen LogP) is 3.03. The summed E-state index contributed by atoms with van der Waals surface area (Å²) in [5, 5.41) is 3.81. The molecule has 1 heterocycles. The molecule has 2 heteroatoms. The quantitative estimate of drug-likeness (QED) is 0.755. The van der Waals surface area contributed by atoms with Crippen molar-refractivity contribution in [3.8, 4) is 0 Å². The Morgan fingerprint density at radius 3 is 2.35 bits per heavy atom. The Morgan fingerprint density at radius 1 is 1.00 bits per heavy atom. The molecule has 2 aliphatic rings. The molecule has 1 saturated carbocycles. The highest BCUT2D eigenvalue weighted by Crippen LogP contribution is 2.28. The molecule has 1 aliphatic carbocycles. The number of rotatable bonds is 1. The number of nitrogens with zero attached hydrogens (tertiary/aromatic N) is 1. The molecule has 0 aromatic rings. The van der Waals surface area contributed by atoms with E-state index >= 15 is 0 Å². The Bertz CT molecular complexity index is 226. The van der Waals surface area contributed by atoms with Gasteiger partial charge in [0.05, 0.1) is 0 Å². The van der Waals surface area contributed by atoms with Crippen molar-refractivity contribution in [2.45, 2.75) is 70.9 Å². The van der Waals surface area contributed by atoms with Gasteiger partial charge in [0.25, 0.3) is 0 Å². The molecule has 17 heavy (non-hydrogen) atoms. The predicted molar refractivity (Wildman–Crippen MR) is 74.3 cm³/mol. The third kappa shape index (κ3) is 3.69. The van der Waals surface area contributed by atoms with Crippen molar-refractivity contribution in [1.29, 1.82) is 0 Å². The zero-order chi connectivity index (χ0) is 12.3. The second kappa shape index (κ2) is 5.71. The standard InChI is InChI=1S/C15H30N2/c1-15(2,3)17-11-7-10-16-14(12-17)13-8-5-4-6-9-13/h13-14,16H,4-12H2,1-3H3. The van der Waals surface area contributed by atoms with Gasteiger partial charge in [-0.1, -0.05) is 19.3 Å². The topological polar surface area (TPSA) is 15.3 Å². The number of hydrogen-bond acceptors (Lipinski definition) is 2. The first-order chi connectivity index (χ1) is 8.07. The molecule has 1 N–H and O–H groups in total. The summed E-state index contributed by atoms with van der Waals surface area (Å²) in [6.07, 6.45) is 8.59. The smallest absolute Gasteiger partial charge is 0.0223 e. The lowest BCUT2D eigenvalue weighted by atomic mass is 9.83. The fourth-order valence-electron chi connectivity index (χ4n) is 3.41. The van der Waals surface area contributed by atoms with E-state index in [0.29, 0.717) is 5.54 Å². The Morgan fingerprint density at radius 2 is 1.71 bits per heavy atom. The minimum atomic E-state index is 0.332. The lowest BCUT2D eigenvalue weighted by Crippen LogP contribution is -2.49. The van der Waals surface area contributed by atoms with Crippen molar-refractivity contribution < 1.29 is 0 Å². The molecule has 1 atom stereocenters. The number of hydrogen-bond donors (Lipinski definition) is 1. The van der Waals surface area contributed by atoms with Crippen LogP contribution in [0.2, 0.25) is 0 Å². The maximum absolute atomic E-state index is 3.81. The highest BCUT2D eigenvalue weighted by Gasteiger charge is 2.30. The van der Waals surface area contributed by atoms with E-state index in [9.17, 15) is 0 Å². The summed E-state index contributed by atoms with van der Waals surface area (Å²) in [5.74, 6) is 0.937. The van der Waals surface area contributed by atoms with Crippen molar-refractivity contribution in [3.05, 3.63) is 0 Å². The van der Waals surface area contributed by atoms with Gasteiger partial charge in [0.2, 0.25) is 0 Å². The molecule has 1 unspecified atom stereocenters. The summed E-state index contributed by atoms with van der Waals surface area (Å²) in [4.78, 5) is 2.69. The Balaban J connectivity index is 1.96. The zero-order valence-electron chi connectivity index (χ0n) is 12.0. The average Bonchev–Trinajstić information content (AvgIpc) is 2.55. The highest BCUT2D eigenvalue weighted by molar-refractivity contribution is 4.88. The molecule has 100 valence electrons. The van der Waals surface area contributed by atoms with Gasteiger partial charge in [0.1, 0.15) is 0 Å². The van der Waals surface area contributed by atoms with Crippen LogP contribution in [0.3, 0.4) is 0 Å². The molecule has 0 radical (unpaired) electrons. The molecular formula is C15H30N2. The minimum Gasteiger partial charge on any atom is -0.312 e. The van der Waals surface area contributed by atoms with Gasteiger partial charge in [0.15, 0.2) is 0 Å². The van der Waals surface area contributed by atoms with Crippen LogP contribution < -0.4 is 5.32 Å². The van der Waals surface area contributed by atoms with Crippen LogP contribution in [-0.4, -0.2) is 36.1 Å². The van der Waals surface area contributed by atoms with Crippen LogP contribution in [-0.2, 0) is 0 Å². The normalized spacial score (nSPS) is 30.2. The van der Waals surface area contributed by atoms with Crippen molar-refractivity contribution in [2.75, 3.05) is 19.6 Å². The van der Waals surface area contributed by atoms with E-state index in [1.807, 2.05) is 0 Å². The Labute approximate surface area is 107 Å². The van der Waals surface area contributed by atoms with Crippen LogP contribution >= 0.6 is 0 Å². The summed E-state index contributed by atoms with van der Waals surface area (Å²) < 4.78 is 0. The first-order valence-electron chi connectivity index (χ1n) is 7.56. The molecular weight excluding hydrogens is 208 g/mol. The van der Waals surface area contributed by atoms with Gasteiger partial charge in [-0.25, -0.2) is 0 Å². The summed E-state index contributed by atoms with van der Waals surface area (Å²) in [6, 6.07) is 0.747. The largest absolute Gasteiger partial charge is 0.312 e. The Kier molecular flexibility index (Phi) is 4.48. The molecule has 2 nitrogen and oxygen atoms in total. The van der Waals surface area contributed by atoms with Crippen LogP contribution in [0.15, 0.2) is 0 Å². The summed E-state index contributed by atoms with van der Waals surface area (Å²) in [7, 11) is 0. The third-order valence-corrected chi connectivity index (χ3v) is 4.60. The van der Waals surface area contributed by atoms with E-state index in [2.05, 4.69) is 31.0 Å². The van der Waals surface area contributed by atoms with Gasteiger partial charge in [-0.15, -0.1) is 0 Å². The fourth-order valence-corrected chi connectivity index (χ4v) is 3.41. The second-order valence-electron chi connectivity index (χ2n) is 6.93. The van der Waals surface area contributed by atoms with E-state index < -0.39 is 0 Å². The monoisotopic (exact) mass is 238 g/mol. The molecule has 0 bridgehead atoms. The molecule has 0 aromatic carbocycles. The van der Waals surface area contributed by atoms with E-state index in [0.717, 1.165) is 12.0 Å². The highest BCUT2D eigenvalue weighted by atomic mass is 15.2. The zero-order valence-corrected chi connectivity index (χ0v) is 12.0. The van der Waals surface area contributed by atoms with Crippen molar-refractivity contribution in [2.24, 2.45) is 5.92 Å². The van der Waals surface area contributed by atoms with Crippen molar-refractivity contribution in [1.82, 2.24) is 10.2 Å². The summed E-state index contributed by atoms with van der Waals surface area (Å²) >= 11 is 0. The van der Waals surface area contributed by atoms with Gasteiger partial charge in [-0.05, 0) is 59.0 Å². The van der Waals surface area contributed by atoms with Crippen molar-refractivity contribution >= 4 is 0 Å². The van der Waals surface area contributed by atoms with Crippen LogP contribution in [0, 0.1) is 5.92 Å². The maximum atomic E-state index is 3.81. The molecule has 2 fully saturated rings. The van der Waals surface area contributed by atoms with Crippen LogP contribution in [0.4, 0.5) is 0 Å². The van der Waals surface area contributed by atoms with Crippen molar-refractivity contribution in [3.63, 3.8) is 0 Å². The average molecular weight is 238 g/mol. The maximum Gasteiger partial charge on any atom is 0.0223 e. The lowest BCUT2D eigenvalue weighted by Gasteiger charge is -2.39. The minimum absolute atomic E-state index is 0.332. The van der Waals surface area contributed by atoms with E-state index in [-0.39, 0.29) is 0 Å². The van der Waals surface area contributed by atoms with Gasteiger partial charge in [-0.2, -0.15) is 0 Å². The first kappa shape index (κ1) is 13.4. The summed E-state index contributed by atoms with van der Waals surface area (Å²) in [6.45, 7) is 10.8. The van der Waals surface area contributed by atoms with Gasteiger partial charge >= 0.3 is 0 Å². The third-order valence-electron chi connectivity index (χ3n) is 4.60.